The highest BCUT2D eigenvalue weighted by Crippen LogP contribution is 2.33. The van der Waals surface area contributed by atoms with Gasteiger partial charge in [0.25, 0.3) is 0 Å². The van der Waals surface area contributed by atoms with E-state index in [-0.39, 0.29) is 6.04 Å². The lowest BCUT2D eigenvalue weighted by Crippen LogP contribution is -2.42. The van der Waals surface area contributed by atoms with Crippen LogP contribution in [-0.2, 0) is 0 Å². The minimum Gasteiger partial charge on any atom is -0.389 e. The van der Waals surface area contributed by atoms with Crippen molar-refractivity contribution < 1.29 is 5.11 Å². The Morgan fingerprint density at radius 3 is 2.58 bits per heavy atom. The van der Waals surface area contributed by atoms with E-state index < -0.39 is 5.60 Å². The number of benzene rings is 1. The van der Waals surface area contributed by atoms with Crippen LogP contribution in [0, 0.1) is 0 Å². The molecule has 19 heavy (non-hydrogen) atoms. The first-order valence-corrected chi connectivity index (χ1v) is 7.31. The van der Waals surface area contributed by atoms with E-state index in [2.05, 4.69) is 4.90 Å². The molecule has 0 amide bonds. The number of nitrogens with two attached hydrogens (primary N) is 1. The molecule has 1 aliphatic carbocycles. The van der Waals surface area contributed by atoms with Gasteiger partial charge in [0.05, 0.1) is 5.60 Å². The molecule has 1 unspecified atom stereocenters. The van der Waals surface area contributed by atoms with Crippen LogP contribution in [0.1, 0.15) is 37.3 Å². The monoisotopic (exact) mass is 282 g/mol. The van der Waals surface area contributed by atoms with Crippen LogP contribution in [-0.4, -0.2) is 35.7 Å². The van der Waals surface area contributed by atoms with E-state index in [9.17, 15) is 5.11 Å². The Bertz CT molecular complexity index is 418. The third kappa shape index (κ3) is 3.48. The zero-order valence-electron chi connectivity index (χ0n) is 11.5. The molecular formula is C15H23ClN2O. The summed E-state index contributed by atoms with van der Waals surface area (Å²) in [6.07, 6.45) is 4.00. The van der Waals surface area contributed by atoms with Crippen LogP contribution in [0.4, 0.5) is 0 Å². The largest absolute Gasteiger partial charge is 0.389 e. The molecule has 0 spiro atoms. The number of aliphatic hydroxyl groups is 1. The van der Waals surface area contributed by atoms with Crippen LogP contribution in [0.5, 0.6) is 0 Å². The van der Waals surface area contributed by atoms with Gasteiger partial charge in [0, 0.05) is 24.2 Å². The summed E-state index contributed by atoms with van der Waals surface area (Å²) < 4.78 is 0. The second-order valence-corrected chi connectivity index (χ2v) is 6.03. The van der Waals surface area contributed by atoms with Crippen LogP contribution in [0.2, 0.25) is 5.02 Å². The first kappa shape index (κ1) is 14.8. The predicted octanol–water partition coefficient (Wildman–Crippen LogP) is 2.58. The molecular weight excluding hydrogens is 260 g/mol. The molecule has 0 bridgehead atoms. The van der Waals surface area contributed by atoms with Crippen LogP contribution in [0.25, 0.3) is 0 Å². The molecule has 0 heterocycles. The summed E-state index contributed by atoms with van der Waals surface area (Å²) in [6.45, 7) is 1.15. The molecule has 0 saturated heterocycles. The molecule has 1 saturated carbocycles. The van der Waals surface area contributed by atoms with Crippen molar-refractivity contribution in [1.82, 2.24) is 4.90 Å². The van der Waals surface area contributed by atoms with Crippen LogP contribution in [0.15, 0.2) is 24.3 Å². The van der Waals surface area contributed by atoms with Crippen LogP contribution >= 0.6 is 11.6 Å². The SMILES string of the molecule is CN(CC1(O)CCCC1)C(CN)c1ccccc1Cl. The van der Waals surface area contributed by atoms with Gasteiger partial charge in [0.15, 0.2) is 0 Å². The number of rotatable bonds is 5. The molecule has 0 radical (unpaired) electrons. The molecule has 3 nitrogen and oxygen atoms in total. The molecule has 106 valence electrons. The Hall–Kier alpha value is -0.610. The maximum absolute atomic E-state index is 10.5. The van der Waals surface area contributed by atoms with Crippen LogP contribution < -0.4 is 5.73 Å². The van der Waals surface area contributed by atoms with Crippen molar-refractivity contribution in [1.29, 1.82) is 0 Å². The van der Waals surface area contributed by atoms with Gasteiger partial charge in [-0.3, -0.25) is 4.90 Å². The average Bonchev–Trinajstić information content (AvgIpc) is 2.79. The van der Waals surface area contributed by atoms with Gasteiger partial charge in [0.2, 0.25) is 0 Å². The lowest BCUT2D eigenvalue weighted by atomic mass is 9.99. The topological polar surface area (TPSA) is 49.5 Å². The van der Waals surface area contributed by atoms with Crippen molar-refractivity contribution in [3.63, 3.8) is 0 Å². The van der Waals surface area contributed by atoms with E-state index in [1.54, 1.807) is 0 Å². The smallest absolute Gasteiger partial charge is 0.0774 e. The third-order valence-electron chi connectivity index (χ3n) is 4.10. The quantitative estimate of drug-likeness (QED) is 0.873. The lowest BCUT2D eigenvalue weighted by Gasteiger charge is -2.34. The highest BCUT2D eigenvalue weighted by atomic mass is 35.5. The minimum absolute atomic E-state index is 0.0540. The molecule has 1 atom stereocenters. The van der Waals surface area contributed by atoms with E-state index in [4.69, 9.17) is 17.3 Å². The Labute approximate surface area is 120 Å². The molecule has 0 aromatic heterocycles. The second-order valence-electron chi connectivity index (χ2n) is 5.62. The average molecular weight is 283 g/mol. The van der Waals surface area contributed by atoms with E-state index >= 15 is 0 Å². The molecule has 4 heteroatoms. The Balaban J connectivity index is 2.11. The first-order valence-electron chi connectivity index (χ1n) is 6.93. The number of hydrogen-bond acceptors (Lipinski definition) is 3. The molecule has 1 aromatic carbocycles. The number of likely N-dealkylation sites (N-methyl/N-ethyl adjacent to an activating group) is 1. The number of halogens is 1. The van der Waals surface area contributed by atoms with Crippen molar-refractivity contribution in [2.45, 2.75) is 37.3 Å². The van der Waals surface area contributed by atoms with E-state index in [1.807, 2.05) is 31.3 Å². The Kier molecular flexibility index (Phi) is 4.85. The fraction of sp³-hybridized carbons (Fsp3) is 0.600. The lowest BCUT2D eigenvalue weighted by molar-refractivity contribution is 0.00593. The van der Waals surface area contributed by atoms with Gasteiger partial charge < -0.3 is 10.8 Å². The molecule has 3 N–H and O–H groups in total. The van der Waals surface area contributed by atoms with Crippen molar-refractivity contribution in [3.8, 4) is 0 Å². The van der Waals surface area contributed by atoms with Gasteiger partial charge in [-0.15, -0.1) is 0 Å². The Morgan fingerprint density at radius 2 is 2.00 bits per heavy atom. The minimum atomic E-state index is -0.552. The molecule has 2 rings (SSSR count). The van der Waals surface area contributed by atoms with Gasteiger partial charge in [0.1, 0.15) is 0 Å². The highest BCUT2D eigenvalue weighted by molar-refractivity contribution is 6.31. The third-order valence-corrected chi connectivity index (χ3v) is 4.44. The fourth-order valence-electron chi connectivity index (χ4n) is 3.06. The summed E-state index contributed by atoms with van der Waals surface area (Å²) in [5, 5.41) is 11.2. The zero-order chi connectivity index (χ0) is 13.9. The summed E-state index contributed by atoms with van der Waals surface area (Å²) in [7, 11) is 2.01. The summed E-state index contributed by atoms with van der Waals surface area (Å²) in [4.78, 5) is 2.13. The standard InChI is InChI=1S/C15H23ClN2O/c1-18(11-15(19)8-4-5-9-15)14(10-17)12-6-2-3-7-13(12)16/h2-3,6-7,14,19H,4-5,8-11,17H2,1H3. The second kappa shape index (κ2) is 6.23. The normalized spacial score (nSPS) is 19.8. The summed E-state index contributed by atoms with van der Waals surface area (Å²) in [5.41, 5.74) is 6.40. The van der Waals surface area contributed by atoms with E-state index in [1.165, 1.54) is 0 Å². The summed E-state index contributed by atoms with van der Waals surface area (Å²) >= 11 is 6.25. The van der Waals surface area contributed by atoms with Crippen molar-refractivity contribution in [3.05, 3.63) is 34.9 Å². The van der Waals surface area contributed by atoms with Gasteiger partial charge in [-0.1, -0.05) is 42.6 Å². The predicted molar refractivity (Wildman–Crippen MR) is 79.3 cm³/mol. The van der Waals surface area contributed by atoms with Crippen molar-refractivity contribution >= 4 is 11.6 Å². The first-order chi connectivity index (χ1) is 9.06. The van der Waals surface area contributed by atoms with Crippen LogP contribution in [0.3, 0.4) is 0 Å². The Morgan fingerprint density at radius 1 is 1.37 bits per heavy atom. The highest BCUT2D eigenvalue weighted by Gasteiger charge is 2.34. The molecule has 1 aromatic rings. The van der Waals surface area contributed by atoms with E-state index in [0.717, 1.165) is 36.3 Å². The van der Waals surface area contributed by atoms with Gasteiger partial charge in [-0.05, 0) is 31.5 Å². The van der Waals surface area contributed by atoms with Gasteiger partial charge >= 0.3 is 0 Å². The maximum Gasteiger partial charge on any atom is 0.0774 e. The summed E-state index contributed by atoms with van der Waals surface area (Å²) in [6, 6.07) is 7.84. The molecule has 1 fully saturated rings. The van der Waals surface area contributed by atoms with Gasteiger partial charge in [-0.25, -0.2) is 0 Å². The fourth-order valence-corrected chi connectivity index (χ4v) is 3.32. The molecule has 0 aliphatic heterocycles. The number of nitrogens with zero attached hydrogens (tertiary/aromatic N) is 1. The zero-order valence-corrected chi connectivity index (χ0v) is 12.2. The van der Waals surface area contributed by atoms with Crippen molar-refractivity contribution in [2.24, 2.45) is 5.73 Å². The van der Waals surface area contributed by atoms with E-state index in [0.29, 0.717) is 13.1 Å². The molecule has 1 aliphatic rings. The van der Waals surface area contributed by atoms with Crippen molar-refractivity contribution in [2.75, 3.05) is 20.1 Å². The maximum atomic E-state index is 10.5. The number of hydrogen-bond donors (Lipinski definition) is 2. The van der Waals surface area contributed by atoms with Gasteiger partial charge in [-0.2, -0.15) is 0 Å². The summed E-state index contributed by atoms with van der Waals surface area (Å²) in [5.74, 6) is 0.